The van der Waals surface area contributed by atoms with Gasteiger partial charge < -0.3 is 9.73 Å². The molecule has 0 aliphatic carbocycles. The molecule has 0 fully saturated rings. The molecule has 0 radical (unpaired) electrons. The Morgan fingerprint density at radius 3 is 2.67 bits per heavy atom. The van der Waals surface area contributed by atoms with E-state index in [-0.39, 0.29) is 6.04 Å². The van der Waals surface area contributed by atoms with E-state index in [1.54, 1.807) is 6.26 Å². The highest BCUT2D eigenvalue weighted by Crippen LogP contribution is 2.22. The quantitative estimate of drug-likeness (QED) is 0.842. The molecule has 2 heteroatoms. The van der Waals surface area contributed by atoms with Crippen LogP contribution in [0.25, 0.3) is 0 Å². The number of benzene rings is 1. The molecule has 1 N–H and O–H groups in total. The Hall–Kier alpha value is -1.54. The van der Waals surface area contributed by atoms with E-state index in [9.17, 15) is 0 Å². The monoisotopic (exact) mass is 243 g/mol. The second-order valence-electron chi connectivity index (χ2n) is 4.78. The minimum Gasteiger partial charge on any atom is -0.468 e. The van der Waals surface area contributed by atoms with Crippen molar-refractivity contribution >= 4 is 0 Å². The van der Waals surface area contributed by atoms with Gasteiger partial charge in [0.1, 0.15) is 5.76 Å². The average molecular weight is 243 g/mol. The lowest BCUT2D eigenvalue weighted by Gasteiger charge is -2.21. The normalized spacial score (nSPS) is 14.4. The predicted octanol–water partition coefficient (Wildman–Crippen LogP) is 4.39. The zero-order chi connectivity index (χ0) is 13.0. The molecule has 0 saturated carbocycles. The van der Waals surface area contributed by atoms with Gasteiger partial charge in [-0.2, -0.15) is 0 Å². The summed E-state index contributed by atoms with van der Waals surface area (Å²) in [6, 6.07) is 13.2. The van der Waals surface area contributed by atoms with E-state index < -0.39 is 0 Å². The summed E-state index contributed by atoms with van der Waals surface area (Å²) in [7, 11) is 0. The van der Waals surface area contributed by atoms with Gasteiger partial charge in [-0.15, -0.1) is 0 Å². The van der Waals surface area contributed by atoms with Crippen LogP contribution in [0.4, 0.5) is 0 Å². The lowest BCUT2D eigenvalue weighted by atomic mass is 10.0. The molecule has 2 atom stereocenters. The molecule has 0 spiro atoms. The molecule has 96 valence electrons. The van der Waals surface area contributed by atoms with Crippen LogP contribution < -0.4 is 5.32 Å². The lowest BCUT2D eigenvalue weighted by Crippen LogP contribution is -2.23. The van der Waals surface area contributed by atoms with Gasteiger partial charge in [0.15, 0.2) is 0 Å². The van der Waals surface area contributed by atoms with Crippen LogP contribution in [-0.2, 0) is 0 Å². The molecule has 1 heterocycles. The van der Waals surface area contributed by atoms with Crippen molar-refractivity contribution in [2.24, 2.45) is 0 Å². The molecule has 0 aliphatic rings. The van der Waals surface area contributed by atoms with Crippen LogP contribution in [0.1, 0.15) is 49.2 Å². The van der Waals surface area contributed by atoms with Gasteiger partial charge >= 0.3 is 0 Å². The number of hydrogen-bond acceptors (Lipinski definition) is 2. The fraction of sp³-hybridized carbons (Fsp3) is 0.375. The molecular weight excluding hydrogens is 222 g/mol. The van der Waals surface area contributed by atoms with Crippen molar-refractivity contribution in [2.75, 3.05) is 0 Å². The number of nitrogens with one attached hydrogen (secondary N) is 1. The molecule has 18 heavy (non-hydrogen) atoms. The summed E-state index contributed by atoms with van der Waals surface area (Å²) >= 11 is 0. The minimum atomic E-state index is 0.274. The van der Waals surface area contributed by atoms with Crippen LogP contribution in [0.3, 0.4) is 0 Å². The molecule has 2 nitrogen and oxygen atoms in total. The van der Waals surface area contributed by atoms with Crippen LogP contribution in [0.2, 0.25) is 0 Å². The van der Waals surface area contributed by atoms with Crippen LogP contribution in [0.15, 0.2) is 47.1 Å². The molecule has 1 aromatic carbocycles. The second-order valence-corrected chi connectivity index (χ2v) is 4.78. The Balaban J connectivity index is 2.08. The summed E-state index contributed by atoms with van der Waals surface area (Å²) < 4.78 is 5.48. The predicted molar refractivity (Wildman–Crippen MR) is 74.5 cm³/mol. The highest BCUT2D eigenvalue weighted by atomic mass is 16.3. The van der Waals surface area contributed by atoms with Gasteiger partial charge in [0.2, 0.25) is 0 Å². The molecular formula is C16H21NO. The molecule has 1 aromatic heterocycles. The van der Waals surface area contributed by atoms with E-state index in [0.29, 0.717) is 6.04 Å². The van der Waals surface area contributed by atoms with E-state index in [1.807, 2.05) is 12.1 Å². The van der Waals surface area contributed by atoms with Gasteiger partial charge in [-0.05, 0) is 38.0 Å². The summed E-state index contributed by atoms with van der Waals surface area (Å²) in [4.78, 5) is 0. The Morgan fingerprint density at radius 2 is 2.06 bits per heavy atom. The first-order valence-corrected chi connectivity index (χ1v) is 6.56. The SMILES string of the molecule is CCC(N[C@@H](C)c1cccc(C)c1)c1ccco1. The first kappa shape index (κ1) is 12.9. The Bertz CT molecular complexity index is 476. The summed E-state index contributed by atoms with van der Waals surface area (Å²) in [5, 5.41) is 3.62. The van der Waals surface area contributed by atoms with Gasteiger partial charge in [-0.25, -0.2) is 0 Å². The molecule has 0 bridgehead atoms. The lowest BCUT2D eigenvalue weighted by molar-refractivity contribution is 0.376. The number of aryl methyl sites for hydroxylation is 1. The maximum Gasteiger partial charge on any atom is 0.120 e. The van der Waals surface area contributed by atoms with Crippen molar-refractivity contribution < 1.29 is 4.42 Å². The first-order valence-electron chi connectivity index (χ1n) is 6.56. The van der Waals surface area contributed by atoms with Crippen LogP contribution in [-0.4, -0.2) is 0 Å². The van der Waals surface area contributed by atoms with Crippen molar-refractivity contribution in [3.63, 3.8) is 0 Å². The maximum atomic E-state index is 5.48. The van der Waals surface area contributed by atoms with E-state index in [2.05, 4.69) is 50.4 Å². The van der Waals surface area contributed by atoms with Gasteiger partial charge in [0.05, 0.1) is 12.3 Å². The van der Waals surface area contributed by atoms with E-state index >= 15 is 0 Å². The topological polar surface area (TPSA) is 25.2 Å². The van der Waals surface area contributed by atoms with Crippen molar-refractivity contribution in [1.29, 1.82) is 0 Å². The summed E-state index contributed by atoms with van der Waals surface area (Å²) in [6.45, 7) is 6.49. The molecule has 0 saturated heterocycles. The fourth-order valence-electron chi connectivity index (χ4n) is 2.23. The smallest absolute Gasteiger partial charge is 0.120 e. The van der Waals surface area contributed by atoms with Crippen LogP contribution >= 0.6 is 0 Å². The third-order valence-corrected chi connectivity index (χ3v) is 3.29. The Kier molecular flexibility index (Phi) is 4.21. The molecule has 0 aliphatic heterocycles. The summed E-state index contributed by atoms with van der Waals surface area (Å²) in [5.41, 5.74) is 2.62. The Morgan fingerprint density at radius 1 is 1.22 bits per heavy atom. The number of rotatable bonds is 5. The van der Waals surface area contributed by atoms with Gasteiger partial charge in [-0.3, -0.25) is 0 Å². The van der Waals surface area contributed by atoms with Gasteiger partial charge in [0.25, 0.3) is 0 Å². The highest BCUT2D eigenvalue weighted by Gasteiger charge is 2.15. The average Bonchev–Trinajstić information content (AvgIpc) is 2.89. The number of furan rings is 1. The fourth-order valence-corrected chi connectivity index (χ4v) is 2.23. The van der Waals surface area contributed by atoms with Crippen molar-refractivity contribution in [3.05, 3.63) is 59.5 Å². The van der Waals surface area contributed by atoms with Crippen LogP contribution in [0.5, 0.6) is 0 Å². The van der Waals surface area contributed by atoms with E-state index in [1.165, 1.54) is 11.1 Å². The molecule has 2 aromatic rings. The molecule has 0 amide bonds. The van der Waals surface area contributed by atoms with Gasteiger partial charge in [-0.1, -0.05) is 36.8 Å². The van der Waals surface area contributed by atoms with Crippen molar-refractivity contribution in [3.8, 4) is 0 Å². The van der Waals surface area contributed by atoms with Crippen LogP contribution in [0, 0.1) is 6.92 Å². The molecule has 2 rings (SSSR count). The number of hydrogen-bond donors (Lipinski definition) is 1. The van der Waals surface area contributed by atoms with Crippen molar-refractivity contribution in [1.82, 2.24) is 5.32 Å². The first-order chi connectivity index (χ1) is 8.70. The third-order valence-electron chi connectivity index (χ3n) is 3.29. The summed E-state index contributed by atoms with van der Waals surface area (Å²) in [6.07, 6.45) is 2.75. The highest BCUT2D eigenvalue weighted by molar-refractivity contribution is 5.25. The second kappa shape index (κ2) is 5.87. The van der Waals surface area contributed by atoms with Crippen molar-refractivity contribution in [2.45, 2.75) is 39.3 Å². The summed E-state index contributed by atoms with van der Waals surface area (Å²) in [5.74, 6) is 1.01. The van der Waals surface area contributed by atoms with E-state index in [0.717, 1.165) is 12.2 Å². The van der Waals surface area contributed by atoms with Gasteiger partial charge in [0, 0.05) is 6.04 Å². The minimum absolute atomic E-state index is 0.274. The Labute approximate surface area is 109 Å². The standard InChI is InChI=1S/C16H21NO/c1-4-15(16-9-6-10-18-16)17-13(3)14-8-5-7-12(2)11-14/h5-11,13,15,17H,4H2,1-3H3/t13-,15?/m0/s1. The molecule has 1 unspecified atom stereocenters. The largest absolute Gasteiger partial charge is 0.468 e. The third kappa shape index (κ3) is 3.02. The maximum absolute atomic E-state index is 5.48. The zero-order valence-electron chi connectivity index (χ0n) is 11.3. The zero-order valence-corrected chi connectivity index (χ0v) is 11.3. The van der Waals surface area contributed by atoms with E-state index in [4.69, 9.17) is 4.42 Å².